The van der Waals surface area contributed by atoms with Gasteiger partial charge >= 0.3 is 5.97 Å². The molecule has 0 spiro atoms. The number of carbonyl (C=O) groups is 1. The Morgan fingerprint density at radius 3 is 2.89 bits per heavy atom. The largest absolute Gasteiger partial charge is 0.493 e. The van der Waals surface area contributed by atoms with Crippen molar-refractivity contribution in [1.29, 1.82) is 0 Å². The summed E-state index contributed by atoms with van der Waals surface area (Å²) in [6.07, 6.45) is 1.51. The zero-order chi connectivity index (χ0) is 14.3. The van der Waals surface area contributed by atoms with Crippen LogP contribution in [0.15, 0.2) is 18.8 Å². The van der Waals surface area contributed by atoms with Crippen LogP contribution < -0.4 is 15.2 Å². The van der Waals surface area contributed by atoms with Crippen LogP contribution in [0.25, 0.3) is 5.70 Å². The van der Waals surface area contributed by atoms with Crippen LogP contribution in [0.5, 0.6) is 11.5 Å². The zero-order valence-electron chi connectivity index (χ0n) is 10.4. The SMILES string of the molecule is C=C(N)c1nccc(OC)c1OCOC(=O)COP. The lowest BCUT2D eigenvalue weighted by Crippen LogP contribution is -2.15. The van der Waals surface area contributed by atoms with E-state index in [0.29, 0.717) is 11.4 Å². The van der Waals surface area contributed by atoms with Gasteiger partial charge in [0, 0.05) is 21.7 Å². The molecule has 0 saturated carbocycles. The maximum Gasteiger partial charge on any atom is 0.335 e. The van der Waals surface area contributed by atoms with E-state index in [-0.39, 0.29) is 24.8 Å². The maximum absolute atomic E-state index is 11.1. The van der Waals surface area contributed by atoms with E-state index in [0.717, 1.165) is 0 Å². The van der Waals surface area contributed by atoms with Gasteiger partial charge in [0.25, 0.3) is 0 Å². The highest BCUT2D eigenvalue weighted by molar-refractivity contribution is 7.09. The number of nitrogens with two attached hydrogens (primary N) is 1. The van der Waals surface area contributed by atoms with Gasteiger partial charge in [-0.15, -0.1) is 0 Å². The minimum Gasteiger partial charge on any atom is -0.493 e. The number of rotatable bonds is 7. The molecule has 8 heteroatoms. The van der Waals surface area contributed by atoms with Crippen LogP contribution in [0.1, 0.15) is 5.69 Å². The lowest BCUT2D eigenvalue weighted by Gasteiger charge is -2.13. The van der Waals surface area contributed by atoms with Gasteiger partial charge < -0.3 is 24.5 Å². The normalized spacial score (nSPS) is 9.79. The fourth-order valence-corrected chi connectivity index (χ4v) is 1.36. The number of pyridine rings is 1. The Hall–Kier alpha value is -1.85. The Kier molecular flexibility index (Phi) is 6.05. The highest BCUT2D eigenvalue weighted by Crippen LogP contribution is 2.31. The van der Waals surface area contributed by atoms with Gasteiger partial charge in [0.1, 0.15) is 12.3 Å². The predicted octanol–water partition coefficient (Wildman–Crippen LogP) is 0.706. The van der Waals surface area contributed by atoms with Gasteiger partial charge in [0.2, 0.25) is 6.79 Å². The fourth-order valence-electron chi connectivity index (χ4n) is 1.22. The van der Waals surface area contributed by atoms with Crippen LogP contribution in [0.3, 0.4) is 0 Å². The molecule has 1 aromatic rings. The summed E-state index contributed by atoms with van der Waals surface area (Å²) in [4.78, 5) is 15.1. The van der Waals surface area contributed by atoms with E-state index in [4.69, 9.17) is 19.9 Å². The number of ether oxygens (including phenoxy) is 3. The summed E-state index contributed by atoms with van der Waals surface area (Å²) in [6, 6.07) is 1.59. The van der Waals surface area contributed by atoms with E-state index in [1.165, 1.54) is 13.3 Å². The van der Waals surface area contributed by atoms with Crippen molar-refractivity contribution in [2.24, 2.45) is 5.73 Å². The molecule has 1 rings (SSSR count). The molecule has 0 aliphatic rings. The smallest absolute Gasteiger partial charge is 0.335 e. The molecule has 7 nitrogen and oxygen atoms in total. The minimum atomic E-state index is -0.564. The second-order valence-electron chi connectivity index (χ2n) is 3.31. The van der Waals surface area contributed by atoms with Gasteiger partial charge in [-0.3, -0.25) is 4.98 Å². The zero-order valence-corrected chi connectivity index (χ0v) is 11.6. The second kappa shape index (κ2) is 7.56. The third kappa shape index (κ3) is 4.39. The van der Waals surface area contributed by atoms with Crippen molar-refractivity contribution < 1.29 is 23.5 Å². The summed E-state index contributed by atoms with van der Waals surface area (Å²) >= 11 is 0. The summed E-state index contributed by atoms with van der Waals surface area (Å²) in [7, 11) is 3.42. The number of carbonyl (C=O) groups excluding carboxylic acids is 1. The van der Waals surface area contributed by atoms with Gasteiger partial charge in [-0.1, -0.05) is 6.58 Å². The first-order chi connectivity index (χ1) is 9.10. The molecule has 0 aliphatic carbocycles. The van der Waals surface area contributed by atoms with Crippen molar-refractivity contribution in [3.05, 3.63) is 24.5 Å². The summed E-state index contributed by atoms with van der Waals surface area (Å²) in [5, 5.41) is 0. The molecule has 0 aliphatic heterocycles. The number of methoxy groups -OCH3 is 1. The van der Waals surface area contributed by atoms with Crippen LogP contribution in [0.4, 0.5) is 0 Å². The molecule has 0 radical (unpaired) electrons. The number of esters is 1. The highest BCUT2D eigenvalue weighted by Gasteiger charge is 2.14. The van der Waals surface area contributed by atoms with E-state index in [9.17, 15) is 4.79 Å². The van der Waals surface area contributed by atoms with E-state index in [2.05, 4.69) is 16.1 Å². The van der Waals surface area contributed by atoms with Gasteiger partial charge in [0.05, 0.1) is 12.8 Å². The molecule has 0 fully saturated rings. The van der Waals surface area contributed by atoms with E-state index in [1.54, 1.807) is 6.07 Å². The fraction of sp³-hybridized carbons (Fsp3) is 0.273. The number of hydrogen-bond acceptors (Lipinski definition) is 7. The minimum absolute atomic E-state index is 0.186. The van der Waals surface area contributed by atoms with Crippen molar-refractivity contribution in [1.82, 2.24) is 4.98 Å². The lowest BCUT2D eigenvalue weighted by molar-refractivity contribution is -0.152. The average Bonchev–Trinajstić information content (AvgIpc) is 2.38. The molecule has 1 atom stereocenters. The number of nitrogens with zero attached hydrogens (tertiary/aromatic N) is 1. The lowest BCUT2D eigenvalue weighted by atomic mass is 10.2. The van der Waals surface area contributed by atoms with Crippen LogP contribution in [-0.4, -0.2) is 31.5 Å². The van der Waals surface area contributed by atoms with Crippen molar-refractivity contribution in [2.75, 3.05) is 20.5 Å². The first kappa shape index (κ1) is 15.2. The molecular weight excluding hydrogens is 271 g/mol. The first-order valence-corrected chi connectivity index (χ1v) is 5.65. The Morgan fingerprint density at radius 2 is 2.32 bits per heavy atom. The third-order valence-corrected chi connectivity index (χ3v) is 2.18. The molecule has 0 aromatic carbocycles. The Bertz CT molecular complexity index is 466. The van der Waals surface area contributed by atoms with Crippen LogP contribution >= 0.6 is 9.47 Å². The molecule has 0 saturated heterocycles. The van der Waals surface area contributed by atoms with Crippen molar-refractivity contribution >= 4 is 21.1 Å². The molecule has 0 bridgehead atoms. The summed E-state index contributed by atoms with van der Waals surface area (Å²) in [5.74, 6) is 0.109. The first-order valence-electron chi connectivity index (χ1n) is 5.18. The maximum atomic E-state index is 11.1. The topological polar surface area (TPSA) is 92.9 Å². The van der Waals surface area contributed by atoms with Crippen LogP contribution in [0.2, 0.25) is 0 Å². The molecular formula is C11H15N2O5P. The monoisotopic (exact) mass is 286 g/mol. The van der Waals surface area contributed by atoms with Gasteiger partial charge in [-0.25, -0.2) is 4.79 Å². The molecule has 1 unspecified atom stereocenters. The van der Waals surface area contributed by atoms with E-state index >= 15 is 0 Å². The quantitative estimate of drug-likeness (QED) is 0.448. The van der Waals surface area contributed by atoms with Crippen LogP contribution in [0, 0.1) is 0 Å². The molecule has 0 amide bonds. The highest BCUT2D eigenvalue weighted by atomic mass is 31.0. The van der Waals surface area contributed by atoms with Gasteiger partial charge in [-0.2, -0.15) is 0 Å². The van der Waals surface area contributed by atoms with E-state index < -0.39 is 5.97 Å². The average molecular weight is 286 g/mol. The third-order valence-electron chi connectivity index (χ3n) is 2.02. The second-order valence-corrected chi connectivity index (χ2v) is 3.64. The summed E-state index contributed by atoms with van der Waals surface area (Å²) < 4.78 is 19.7. The van der Waals surface area contributed by atoms with Crippen molar-refractivity contribution in [2.45, 2.75) is 0 Å². The Balaban J connectivity index is 2.75. The molecule has 1 heterocycles. The van der Waals surface area contributed by atoms with Gasteiger partial charge in [-0.05, 0) is 0 Å². The van der Waals surface area contributed by atoms with Crippen molar-refractivity contribution in [3.8, 4) is 11.5 Å². The Morgan fingerprint density at radius 1 is 1.58 bits per heavy atom. The number of aromatic nitrogens is 1. The number of hydrogen-bond donors (Lipinski definition) is 1. The van der Waals surface area contributed by atoms with Crippen LogP contribution in [-0.2, 0) is 14.1 Å². The summed E-state index contributed by atoms with van der Waals surface area (Å²) in [6.45, 7) is 3.09. The Labute approximate surface area is 113 Å². The summed E-state index contributed by atoms with van der Waals surface area (Å²) in [5.41, 5.74) is 6.14. The van der Waals surface area contributed by atoms with Gasteiger partial charge in [0.15, 0.2) is 11.5 Å². The van der Waals surface area contributed by atoms with Crippen molar-refractivity contribution in [3.63, 3.8) is 0 Å². The molecule has 2 N–H and O–H groups in total. The predicted molar refractivity (Wildman–Crippen MR) is 71.3 cm³/mol. The molecule has 19 heavy (non-hydrogen) atoms. The molecule has 1 aromatic heterocycles. The molecule has 104 valence electrons. The van der Waals surface area contributed by atoms with E-state index in [1.807, 2.05) is 9.47 Å². The standard InChI is InChI=1S/C11H15N2O5P/c1-7(12)10-11(8(15-2)3-4-13-10)17-6-16-9(14)5-18-19/h3-4H,1,5-6,12,19H2,2H3.